The average molecular weight is 424 g/mol. The molecule has 13 heteroatoms. The summed E-state index contributed by atoms with van der Waals surface area (Å²) in [6.45, 7) is -1.43. The van der Waals surface area contributed by atoms with Gasteiger partial charge < -0.3 is 20.7 Å². The minimum absolute atomic E-state index is 0.0532. The number of hydrogen-bond donors (Lipinski definition) is 3. The van der Waals surface area contributed by atoms with Crippen molar-refractivity contribution in [2.75, 3.05) is 36.5 Å². The molecule has 0 aliphatic carbocycles. The monoisotopic (exact) mass is 424 g/mol. The lowest BCUT2D eigenvalue weighted by Gasteiger charge is -2.29. The predicted molar refractivity (Wildman–Crippen MR) is 90.2 cm³/mol. The van der Waals surface area contributed by atoms with E-state index in [1.54, 1.807) is 0 Å². The van der Waals surface area contributed by atoms with E-state index in [1.165, 1.54) is 0 Å². The van der Waals surface area contributed by atoms with Gasteiger partial charge in [-0.15, -0.1) is 0 Å². The number of anilines is 2. The molecule has 1 fully saturated rings. The smallest absolute Gasteiger partial charge is 0.370 e. The summed E-state index contributed by atoms with van der Waals surface area (Å²) in [5, 5.41) is 3.95. The van der Waals surface area contributed by atoms with Gasteiger partial charge in [0.1, 0.15) is 6.61 Å². The summed E-state index contributed by atoms with van der Waals surface area (Å²) >= 11 is 0. The Hall–Kier alpha value is -2.80. The number of benzene rings is 1. The minimum atomic E-state index is -4.87. The van der Waals surface area contributed by atoms with Crippen molar-refractivity contribution in [2.24, 2.45) is 5.73 Å². The molecule has 1 aromatic rings. The Bertz CT molecular complexity index is 787. The molecule has 0 radical (unpaired) electrons. The number of morpholine rings is 1. The van der Waals surface area contributed by atoms with Crippen LogP contribution >= 0.6 is 0 Å². The number of hydrogen-bond acceptors (Lipinski definition) is 5. The molecule has 3 amide bonds. The molecule has 1 aliphatic rings. The number of alkyl halides is 5. The first kappa shape index (κ1) is 22.5. The van der Waals surface area contributed by atoms with Gasteiger partial charge in [0.15, 0.2) is 6.04 Å². The fraction of sp³-hybridized carbons (Fsp3) is 0.438. The Morgan fingerprint density at radius 3 is 2.52 bits per heavy atom. The van der Waals surface area contributed by atoms with Gasteiger partial charge >= 0.3 is 6.18 Å². The molecule has 1 saturated heterocycles. The number of ether oxygens (including phenoxy) is 1. The third-order valence-electron chi connectivity index (χ3n) is 3.87. The van der Waals surface area contributed by atoms with E-state index in [0.29, 0.717) is 6.07 Å². The maximum atomic E-state index is 13.5. The fourth-order valence-corrected chi connectivity index (χ4v) is 2.59. The van der Waals surface area contributed by atoms with Crippen molar-refractivity contribution in [3.05, 3.63) is 23.8 Å². The average Bonchev–Trinajstić information content (AvgIpc) is 2.61. The van der Waals surface area contributed by atoms with Crippen LogP contribution in [0.2, 0.25) is 0 Å². The fourth-order valence-electron chi connectivity index (χ4n) is 2.59. The molecule has 1 aromatic carbocycles. The molecule has 29 heavy (non-hydrogen) atoms. The van der Waals surface area contributed by atoms with Crippen LogP contribution in [0.25, 0.3) is 0 Å². The number of nitrogens with zero attached hydrogens (tertiary/aromatic N) is 1. The van der Waals surface area contributed by atoms with Gasteiger partial charge in [-0.25, -0.2) is 8.78 Å². The van der Waals surface area contributed by atoms with Crippen molar-refractivity contribution in [1.82, 2.24) is 5.32 Å². The molecule has 2 rings (SSSR count). The van der Waals surface area contributed by atoms with Gasteiger partial charge in [-0.05, 0) is 18.2 Å². The van der Waals surface area contributed by atoms with Crippen LogP contribution in [-0.2, 0) is 25.3 Å². The second-order valence-corrected chi connectivity index (χ2v) is 5.95. The van der Waals surface area contributed by atoms with Crippen LogP contribution in [0.4, 0.5) is 33.3 Å². The molecule has 160 valence electrons. The normalized spacial score (nSPS) is 16.1. The van der Waals surface area contributed by atoms with Gasteiger partial charge in [-0.2, -0.15) is 13.2 Å². The van der Waals surface area contributed by atoms with Crippen LogP contribution in [0, 0.1) is 0 Å². The molecule has 4 N–H and O–H groups in total. The van der Waals surface area contributed by atoms with E-state index >= 15 is 0 Å². The highest BCUT2D eigenvalue weighted by Crippen LogP contribution is 2.38. The van der Waals surface area contributed by atoms with Crippen LogP contribution in [0.5, 0.6) is 0 Å². The topological polar surface area (TPSA) is 114 Å². The quantitative estimate of drug-likeness (QED) is 0.441. The molecule has 0 unspecified atom stereocenters. The molecular formula is C16H17F5N4O4. The summed E-state index contributed by atoms with van der Waals surface area (Å²) in [5.74, 6) is -3.15. The molecule has 8 nitrogen and oxygen atoms in total. The van der Waals surface area contributed by atoms with E-state index < -0.39 is 54.2 Å². The van der Waals surface area contributed by atoms with E-state index in [9.17, 15) is 36.3 Å². The van der Waals surface area contributed by atoms with E-state index in [1.807, 2.05) is 10.6 Å². The molecule has 0 saturated carbocycles. The number of nitrogens with two attached hydrogens (primary N) is 1. The highest BCUT2D eigenvalue weighted by Gasteiger charge is 2.37. The maximum absolute atomic E-state index is 13.5. The number of carbonyl (C=O) groups excluding carboxylic acids is 3. The van der Waals surface area contributed by atoms with Crippen molar-refractivity contribution in [3.8, 4) is 0 Å². The summed E-state index contributed by atoms with van der Waals surface area (Å²) in [6.07, 6.45) is -7.75. The first-order chi connectivity index (χ1) is 13.5. The highest BCUT2D eigenvalue weighted by molar-refractivity contribution is 6.09. The van der Waals surface area contributed by atoms with Crippen LogP contribution in [0.3, 0.4) is 0 Å². The molecule has 0 spiro atoms. The van der Waals surface area contributed by atoms with Crippen molar-refractivity contribution >= 4 is 29.1 Å². The predicted octanol–water partition coefficient (Wildman–Crippen LogP) is 0.716. The summed E-state index contributed by atoms with van der Waals surface area (Å²) in [4.78, 5) is 36.2. The van der Waals surface area contributed by atoms with E-state index in [4.69, 9.17) is 10.5 Å². The Kier molecular flexibility index (Phi) is 7.08. The SMILES string of the molecule is NC(=O)[C@H](NCC(F)F)C(=O)Nc1ccc(N2CCOCC2=O)c(C(F)(F)F)c1. The molecule has 0 aromatic heterocycles. The lowest BCUT2D eigenvalue weighted by Crippen LogP contribution is -2.51. The molecule has 1 atom stereocenters. The highest BCUT2D eigenvalue weighted by atomic mass is 19.4. The largest absolute Gasteiger partial charge is 0.418 e. The summed E-state index contributed by atoms with van der Waals surface area (Å²) in [7, 11) is 0. The standard InChI is InChI=1S/C16H17F5N4O4/c17-11(18)6-23-13(14(22)27)15(28)24-8-1-2-10(9(5-8)16(19,20)21)25-3-4-29-7-12(25)26/h1-2,5,11,13,23H,3-4,6-7H2,(H2,22,27)(H,24,28)/t13-/m0/s1. The molecular weight excluding hydrogens is 407 g/mol. The number of rotatable bonds is 7. The number of carbonyl (C=O) groups is 3. The number of amides is 3. The Morgan fingerprint density at radius 2 is 1.97 bits per heavy atom. The lowest BCUT2D eigenvalue weighted by atomic mass is 10.1. The first-order valence-corrected chi connectivity index (χ1v) is 8.21. The van der Waals surface area contributed by atoms with E-state index in [-0.39, 0.29) is 25.4 Å². The van der Waals surface area contributed by atoms with Crippen molar-refractivity contribution in [2.45, 2.75) is 18.6 Å². The van der Waals surface area contributed by atoms with Gasteiger partial charge in [0.2, 0.25) is 5.91 Å². The van der Waals surface area contributed by atoms with Gasteiger partial charge in [-0.1, -0.05) is 0 Å². The van der Waals surface area contributed by atoms with Gasteiger partial charge in [0.05, 0.1) is 24.4 Å². The Labute approximate surface area is 161 Å². The van der Waals surface area contributed by atoms with Crippen LogP contribution in [0.15, 0.2) is 18.2 Å². The Balaban J connectivity index is 2.28. The van der Waals surface area contributed by atoms with E-state index in [2.05, 4.69) is 0 Å². The van der Waals surface area contributed by atoms with E-state index in [0.717, 1.165) is 17.0 Å². The van der Waals surface area contributed by atoms with Gasteiger partial charge in [0, 0.05) is 12.2 Å². The van der Waals surface area contributed by atoms with Crippen molar-refractivity contribution < 1.29 is 41.1 Å². The van der Waals surface area contributed by atoms with Crippen molar-refractivity contribution in [1.29, 1.82) is 0 Å². The second-order valence-electron chi connectivity index (χ2n) is 5.95. The van der Waals surface area contributed by atoms with Gasteiger partial charge in [-0.3, -0.25) is 19.7 Å². The number of halogens is 5. The Morgan fingerprint density at radius 1 is 1.28 bits per heavy atom. The summed E-state index contributed by atoms with van der Waals surface area (Å²) in [5.41, 5.74) is 2.97. The first-order valence-electron chi connectivity index (χ1n) is 8.21. The van der Waals surface area contributed by atoms with Gasteiger partial charge in [0.25, 0.3) is 18.2 Å². The zero-order valence-corrected chi connectivity index (χ0v) is 14.8. The third kappa shape index (κ3) is 5.84. The molecule has 1 heterocycles. The number of primary amides is 1. The summed E-state index contributed by atoms with van der Waals surface area (Å²) < 4.78 is 69.9. The zero-order chi connectivity index (χ0) is 21.8. The van der Waals surface area contributed by atoms with Crippen molar-refractivity contribution in [3.63, 3.8) is 0 Å². The zero-order valence-electron chi connectivity index (χ0n) is 14.8. The molecule has 0 bridgehead atoms. The lowest BCUT2D eigenvalue weighted by molar-refractivity contribution is -0.137. The second kappa shape index (κ2) is 9.13. The molecule has 1 aliphatic heterocycles. The van der Waals surface area contributed by atoms with Crippen LogP contribution in [-0.4, -0.2) is 56.5 Å². The van der Waals surface area contributed by atoms with Crippen LogP contribution in [0.1, 0.15) is 5.56 Å². The minimum Gasteiger partial charge on any atom is -0.370 e. The number of nitrogens with one attached hydrogen (secondary N) is 2. The summed E-state index contributed by atoms with van der Waals surface area (Å²) in [6, 6.07) is 0.754. The van der Waals surface area contributed by atoms with Crippen LogP contribution < -0.4 is 21.3 Å². The third-order valence-corrected chi connectivity index (χ3v) is 3.87. The maximum Gasteiger partial charge on any atom is 0.418 e.